The molecular weight excluding hydrogens is 432 g/mol. The van der Waals surface area contributed by atoms with E-state index in [1.165, 1.54) is 6.39 Å². The van der Waals surface area contributed by atoms with Crippen molar-refractivity contribution in [3.63, 3.8) is 0 Å². The van der Waals surface area contributed by atoms with Gasteiger partial charge in [0.05, 0.1) is 12.7 Å². The van der Waals surface area contributed by atoms with Crippen LogP contribution < -0.4 is 16.0 Å². The summed E-state index contributed by atoms with van der Waals surface area (Å²) in [5.74, 6) is 0.315. The number of hydrogen-bond donors (Lipinski definition) is 3. The van der Waals surface area contributed by atoms with Crippen molar-refractivity contribution in [2.45, 2.75) is 46.3 Å². The zero-order valence-corrected chi connectivity index (χ0v) is 20.1. The van der Waals surface area contributed by atoms with Gasteiger partial charge in [0.2, 0.25) is 5.91 Å². The largest absolute Gasteiger partial charge is 0.459 e. The van der Waals surface area contributed by atoms with Crippen molar-refractivity contribution in [3.8, 4) is 11.3 Å². The van der Waals surface area contributed by atoms with E-state index in [0.717, 1.165) is 33.8 Å². The Morgan fingerprint density at radius 3 is 2.71 bits per heavy atom. The molecule has 0 saturated heterocycles. The molecule has 0 spiro atoms. The summed E-state index contributed by atoms with van der Waals surface area (Å²) in [6.07, 6.45) is 11.3. The molecule has 1 aliphatic carbocycles. The van der Waals surface area contributed by atoms with E-state index in [4.69, 9.17) is 9.15 Å². The van der Waals surface area contributed by atoms with Crippen molar-refractivity contribution in [3.05, 3.63) is 77.6 Å². The third kappa shape index (κ3) is 7.95. The maximum absolute atomic E-state index is 12.3. The van der Waals surface area contributed by atoms with Crippen LogP contribution in [0.3, 0.4) is 0 Å². The van der Waals surface area contributed by atoms with Crippen molar-refractivity contribution in [1.82, 2.24) is 20.9 Å². The number of carbonyl (C=O) groups is 2. The van der Waals surface area contributed by atoms with Crippen LogP contribution in [0.4, 0.5) is 0 Å². The molecule has 0 atom stereocenters. The smallest absolute Gasteiger partial charge is 0.325 e. The normalized spacial score (nSPS) is 13.4. The SMILES string of the molecule is Cc1cc(CNC(=O)CNC2=CC=CC(NCC(=O)OC(C)(C)C)=CC2)ccc1-c1cnco1. The highest BCUT2D eigenvalue weighted by molar-refractivity contribution is 5.78. The molecule has 1 heterocycles. The van der Waals surface area contributed by atoms with Crippen LogP contribution in [0.15, 0.2) is 70.9 Å². The second-order valence-electron chi connectivity index (χ2n) is 9.00. The van der Waals surface area contributed by atoms with Crippen LogP contribution in [0.1, 0.15) is 38.3 Å². The average molecular weight is 465 g/mol. The predicted molar refractivity (Wildman–Crippen MR) is 130 cm³/mol. The van der Waals surface area contributed by atoms with Gasteiger partial charge in [-0.2, -0.15) is 0 Å². The van der Waals surface area contributed by atoms with Crippen molar-refractivity contribution < 1.29 is 18.7 Å². The van der Waals surface area contributed by atoms with E-state index in [2.05, 4.69) is 20.9 Å². The molecule has 1 aromatic carbocycles. The minimum absolute atomic E-state index is 0.0947. The number of hydrogen-bond acceptors (Lipinski definition) is 7. The fourth-order valence-corrected chi connectivity index (χ4v) is 3.36. The molecule has 2 aromatic rings. The zero-order chi connectivity index (χ0) is 24.6. The second kappa shape index (κ2) is 11.4. The highest BCUT2D eigenvalue weighted by atomic mass is 16.6. The van der Waals surface area contributed by atoms with E-state index in [0.29, 0.717) is 13.0 Å². The molecule has 0 unspecified atom stereocenters. The molecule has 34 heavy (non-hydrogen) atoms. The number of rotatable bonds is 9. The molecule has 3 rings (SSSR count). The van der Waals surface area contributed by atoms with Crippen molar-refractivity contribution in [1.29, 1.82) is 0 Å². The Balaban J connectivity index is 1.40. The Bertz CT molecular complexity index is 1090. The van der Waals surface area contributed by atoms with Gasteiger partial charge in [-0.25, -0.2) is 4.98 Å². The molecule has 1 amide bonds. The first-order chi connectivity index (χ1) is 16.2. The number of aryl methyl sites for hydroxylation is 1. The number of oxazole rings is 1. The highest BCUT2D eigenvalue weighted by Gasteiger charge is 2.16. The van der Waals surface area contributed by atoms with Crippen molar-refractivity contribution in [2.75, 3.05) is 13.1 Å². The highest BCUT2D eigenvalue weighted by Crippen LogP contribution is 2.23. The van der Waals surface area contributed by atoms with E-state index >= 15 is 0 Å². The molecule has 0 aliphatic heterocycles. The minimum Gasteiger partial charge on any atom is -0.459 e. The lowest BCUT2D eigenvalue weighted by Gasteiger charge is -2.19. The summed E-state index contributed by atoms with van der Waals surface area (Å²) in [5.41, 5.74) is 4.27. The standard InChI is InChI=1S/C26H32N4O4/c1-18-12-19(8-11-22(18)23-14-27-17-33-23)13-30-24(31)15-28-20-6-5-7-21(10-9-20)29-16-25(32)34-26(2,3)4/h5-8,10-12,14,17,28-29H,9,13,15-16H2,1-4H3,(H,30,31). The number of nitrogens with zero attached hydrogens (tertiary/aromatic N) is 1. The number of allylic oxidation sites excluding steroid dienone is 4. The molecule has 3 N–H and O–H groups in total. The minimum atomic E-state index is -0.508. The maximum atomic E-state index is 12.3. The molecular formula is C26H32N4O4. The number of aromatic nitrogens is 1. The Kier molecular flexibility index (Phi) is 8.29. The fraction of sp³-hybridized carbons (Fsp3) is 0.346. The Morgan fingerprint density at radius 2 is 2.00 bits per heavy atom. The molecule has 8 heteroatoms. The lowest BCUT2D eigenvalue weighted by Crippen LogP contribution is -2.33. The average Bonchev–Trinajstić information content (AvgIpc) is 3.20. The number of amides is 1. The van der Waals surface area contributed by atoms with Crippen LogP contribution >= 0.6 is 0 Å². The van der Waals surface area contributed by atoms with Gasteiger partial charge in [-0.05, 0) is 51.0 Å². The number of esters is 1. The summed E-state index contributed by atoms with van der Waals surface area (Å²) in [6, 6.07) is 5.97. The third-order valence-corrected chi connectivity index (χ3v) is 4.93. The van der Waals surface area contributed by atoms with E-state index in [1.807, 2.05) is 70.2 Å². The first kappa shape index (κ1) is 24.8. The molecule has 1 aromatic heterocycles. The van der Waals surface area contributed by atoms with Gasteiger partial charge in [-0.3, -0.25) is 9.59 Å². The molecule has 0 fully saturated rings. The summed E-state index contributed by atoms with van der Waals surface area (Å²) in [7, 11) is 0. The van der Waals surface area contributed by atoms with Gasteiger partial charge in [-0.15, -0.1) is 0 Å². The van der Waals surface area contributed by atoms with Crippen molar-refractivity contribution >= 4 is 11.9 Å². The maximum Gasteiger partial charge on any atom is 0.325 e. The number of nitrogens with one attached hydrogen (secondary N) is 3. The van der Waals surface area contributed by atoms with Crippen LogP contribution in [0.5, 0.6) is 0 Å². The number of ether oxygens (including phenoxy) is 1. The van der Waals surface area contributed by atoms with Crippen LogP contribution in [-0.4, -0.2) is 35.6 Å². The third-order valence-electron chi connectivity index (χ3n) is 4.93. The van der Waals surface area contributed by atoms with E-state index in [1.54, 1.807) is 6.20 Å². The number of carbonyl (C=O) groups excluding carboxylic acids is 2. The predicted octanol–water partition coefficient (Wildman–Crippen LogP) is 3.51. The summed E-state index contributed by atoms with van der Waals surface area (Å²) in [4.78, 5) is 28.1. The summed E-state index contributed by atoms with van der Waals surface area (Å²) in [6.45, 7) is 8.22. The van der Waals surface area contributed by atoms with Gasteiger partial charge in [0.15, 0.2) is 12.2 Å². The van der Waals surface area contributed by atoms with Crippen LogP contribution in [0.2, 0.25) is 0 Å². The van der Waals surface area contributed by atoms with Crippen LogP contribution in [-0.2, 0) is 20.9 Å². The van der Waals surface area contributed by atoms with Crippen LogP contribution in [0.25, 0.3) is 11.3 Å². The molecule has 8 nitrogen and oxygen atoms in total. The van der Waals surface area contributed by atoms with E-state index < -0.39 is 5.60 Å². The molecule has 0 radical (unpaired) electrons. The Labute approximate surface area is 200 Å². The summed E-state index contributed by atoms with van der Waals surface area (Å²) >= 11 is 0. The molecule has 180 valence electrons. The number of benzene rings is 1. The molecule has 1 aliphatic rings. The Morgan fingerprint density at radius 1 is 1.18 bits per heavy atom. The van der Waals surface area contributed by atoms with E-state index in [-0.39, 0.29) is 25.0 Å². The zero-order valence-electron chi connectivity index (χ0n) is 20.1. The molecule has 0 saturated carbocycles. The first-order valence-electron chi connectivity index (χ1n) is 11.2. The van der Waals surface area contributed by atoms with Gasteiger partial charge in [0.1, 0.15) is 12.1 Å². The Hall–Kier alpha value is -3.81. The topological polar surface area (TPSA) is 105 Å². The van der Waals surface area contributed by atoms with Gasteiger partial charge < -0.3 is 25.1 Å². The first-order valence-corrected chi connectivity index (χ1v) is 11.2. The van der Waals surface area contributed by atoms with Gasteiger partial charge in [-0.1, -0.05) is 30.4 Å². The lowest BCUT2D eigenvalue weighted by molar-refractivity contribution is -0.153. The van der Waals surface area contributed by atoms with Gasteiger partial charge in [0, 0.05) is 29.9 Å². The monoisotopic (exact) mass is 464 g/mol. The van der Waals surface area contributed by atoms with E-state index in [9.17, 15) is 9.59 Å². The van der Waals surface area contributed by atoms with Gasteiger partial charge in [0.25, 0.3) is 0 Å². The fourth-order valence-electron chi connectivity index (χ4n) is 3.36. The quantitative estimate of drug-likeness (QED) is 0.488. The van der Waals surface area contributed by atoms with Crippen molar-refractivity contribution in [2.24, 2.45) is 0 Å². The summed E-state index contributed by atoms with van der Waals surface area (Å²) in [5, 5.41) is 9.18. The summed E-state index contributed by atoms with van der Waals surface area (Å²) < 4.78 is 10.7. The molecule has 0 bridgehead atoms. The van der Waals surface area contributed by atoms with Gasteiger partial charge >= 0.3 is 5.97 Å². The van der Waals surface area contributed by atoms with Crippen LogP contribution in [0, 0.1) is 6.92 Å². The lowest BCUT2D eigenvalue weighted by atomic mass is 10.0. The second-order valence-corrected chi connectivity index (χ2v) is 9.00.